The number of hydrogen-bond acceptors (Lipinski definition) is 4. The van der Waals surface area contributed by atoms with Crippen LogP contribution in [0.1, 0.15) is 41.2 Å². The van der Waals surface area contributed by atoms with Crippen molar-refractivity contribution in [2.24, 2.45) is 5.92 Å². The number of nitrogens with zero attached hydrogens (tertiary/aromatic N) is 1. The Morgan fingerprint density at radius 1 is 1.06 bits per heavy atom. The number of amides is 2. The zero-order chi connectivity index (χ0) is 24.1. The molecule has 0 saturated carbocycles. The van der Waals surface area contributed by atoms with Gasteiger partial charge in [-0.25, -0.2) is 4.39 Å². The molecule has 2 unspecified atom stereocenters. The number of piperidine rings is 1. The predicted octanol–water partition coefficient (Wildman–Crippen LogP) is 4.25. The normalized spacial score (nSPS) is 16.6. The van der Waals surface area contributed by atoms with E-state index < -0.39 is 23.7 Å². The third kappa shape index (κ3) is 5.25. The summed E-state index contributed by atoms with van der Waals surface area (Å²) in [4.78, 5) is 40.1. The minimum Gasteiger partial charge on any atom is -0.469 e. The number of likely N-dealkylation sites (tertiary alicyclic amines) is 1. The number of halogens is 1. The van der Waals surface area contributed by atoms with Crippen molar-refractivity contribution in [3.8, 4) is 0 Å². The van der Waals surface area contributed by atoms with Gasteiger partial charge in [-0.05, 0) is 47.4 Å². The summed E-state index contributed by atoms with van der Waals surface area (Å²) in [6.45, 7) is 0.873. The van der Waals surface area contributed by atoms with Gasteiger partial charge in [0.25, 0.3) is 5.91 Å². The van der Waals surface area contributed by atoms with Crippen LogP contribution in [0.2, 0.25) is 0 Å². The lowest BCUT2D eigenvalue weighted by Gasteiger charge is -2.33. The summed E-state index contributed by atoms with van der Waals surface area (Å²) < 4.78 is 18.1. The van der Waals surface area contributed by atoms with E-state index in [0.29, 0.717) is 37.1 Å². The quantitative estimate of drug-likeness (QED) is 0.556. The van der Waals surface area contributed by atoms with Crippen LogP contribution in [0.5, 0.6) is 0 Å². The molecule has 1 heterocycles. The van der Waals surface area contributed by atoms with E-state index in [1.54, 1.807) is 17.0 Å². The topological polar surface area (TPSA) is 75.7 Å². The maximum atomic E-state index is 13.4. The van der Waals surface area contributed by atoms with E-state index in [2.05, 4.69) is 5.32 Å². The Bertz CT molecular complexity index is 1190. The number of esters is 1. The first kappa shape index (κ1) is 23.4. The van der Waals surface area contributed by atoms with Gasteiger partial charge in [-0.2, -0.15) is 0 Å². The van der Waals surface area contributed by atoms with Gasteiger partial charge in [-0.1, -0.05) is 48.5 Å². The van der Waals surface area contributed by atoms with E-state index in [1.165, 1.54) is 19.2 Å². The van der Waals surface area contributed by atoms with Gasteiger partial charge in [0.15, 0.2) is 0 Å². The van der Waals surface area contributed by atoms with Crippen molar-refractivity contribution < 1.29 is 23.5 Å². The minimum absolute atomic E-state index is 0.0702. The lowest BCUT2D eigenvalue weighted by Crippen LogP contribution is -2.46. The second kappa shape index (κ2) is 10.5. The Morgan fingerprint density at radius 3 is 2.56 bits per heavy atom. The second-order valence-electron chi connectivity index (χ2n) is 8.51. The molecule has 0 aliphatic carbocycles. The summed E-state index contributed by atoms with van der Waals surface area (Å²) in [5.74, 6) is -1.63. The lowest BCUT2D eigenvalue weighted by molar-refractivity contribution is -0.141. The van der Waals surface area contributed by atoms with Crippen molar-refractivity contribution in [2.45, 2.75) is 25.3 Å². The molecule has 34 heavy (non-hydrogen) atoms. The zero-order valence-corrected chi connectivity index (χ0v) is 19.0. The molecule has 4 rings (SSSR count). The lowest BCUT2D eigenvalue weighted by atomic mass is 9.94. The Kier molecular flexibility index (Phi) is 7.21. The highest BCUT2D eigenvalue weighted by molar-refractivity contribution is 6.07. The van der Waals surface area contributed by atoms with Gasteiger partial charge < -0.3 is 15.0 Å². The van der Waals surface area contributed by atoms with Crippen molar-refractivity contribution in [3.05, 3.63) is 83.7 Å². The Morgan fingerprint density at radius 2 is 1.79 bits per heavy atom. The fourth-order valence-corrected chi connectivity index (χ4v) is 4.44. The number of hydrogen-bond donors (Lipinski definition) is 1. The first-order valence-corrected chi connectivity index (χ1v) is 11.4. The van der Waals surface area contributed by atoms with Gasteiger partial charge in [0.1, 0.15) is 5.82 Å². The molecule has 7 heteroatoms. The maximum Gasteiger partial charge on any atom is 0.307 e. The van der Waals surface area contributed by atoms with Gasteiger partial charge >= 0.3 is 5.97 Å². The number of rotatable bonds is 6. The van der Waals surface area contributed by atoms with Crippen LogP contribution in [0.15, 0.2) is 66.7 Å². The fraction of sp³-hybridized carbons (Fsp3) is 0.296. The summed E-state index contributed by atoms with van der Waals surface area (Å²) in [6, 6.07) is 18.4. The number of nitrogens with one attached hydrogen (secondary N) is 1. The number of benzene rings is 3. The number of carbonyl (C=O) groups excluding carboxylic acids is 3. The number of ether oxygens (including phenoxy) is 1. The Hall–Kier alpha value is -3.74. The molecule has 3 aromatic rings. The largest absolute Gasteiger partial charge is 0.469 e. The molecule has 3 aromatic carbocycles. The van der Waals surface area contributed by atoms with Crippen LogP contribution < -0.4 is 5.32 Å². The smallest absolute Gasteiger partial charge is 0.307 e. The maximum absolute atomic E-state index is 13.4. The Labute approximate surface area is 197 Å². The van der Waals surface area contributed by atoms with Gasteiger partial charge in [-0.15, -0.1) is 0 Å². The van der Waals surface area contributed by atoms with Crippen LogP contribution in [0.25, 0.3) is 10.8 Å². The molecule has 2 atom stereocenters. The van der Waals surface area contributed by atoms with Crippen molar-refractivity contribution in [2.75, 3.05) is 20.2 Å². The van der Waals surface area contributed by atoms with Gasteiger partial charge in [0.2, 0.25) is 5.91 Å². The summed E-state index contributed by atoms with van der Waals surface area (Å²) in [5, 5.41) is 4.79. The molecule has 1 fully saturated rings. The highest BCUT2D eigenvalue weighted by atomic mass is 19.1. The minimum atomic E-state index is -0.648. The molecular formula is C27H27FN2O4. The zero-order valence-electron chi connectivity index (χ0n) is 19.0. The molecule has 0 bridgehead atoms. The molecule has 0 aromatic heterocycles. The molecular weight excluding hydrogens is 435 g/mol. The molecule has 176 valence electrons. The summed E-state index contributed by atoms with van der Waals surface area (Å²) in [6.07, 6.45) is 1.27. The molecule has 1 saturated heterocycles. The van der Waals surface area contributed by atoms with Crippen molar-refractivity contribution in [3.63, 3.8) is 0 Å². The van der Waals surface area contributed by atoms with Crippen LogP contribution in [0.3, 0.4) is 0 Å². The van der Waals surface area contributed by atoms with E-state index in [0.717, 1.165) is 10.8 Å². The van der Waals surface area contributed by atoms with E-state index in [1.807, 2.05) is 42.5 Å². The van der Waals surface area contributed by atoms with Crippen molar-refractivity contribution in [1.82, 2.24) is 10.2 Å². The van der Waals surface area contributed by atoms with Crippen LogP contribution in [0, 0.1) is 11.7 Å². The van der Waals surface area contributed by atoms with E-state index in [4.69, 9.17) is 4.74 Å². The highest BCUT2D eigenvalue weighted by Crippen LogP contribution is 2.25. The number of fused-ring (bicyclic) bond motifs is 1. The first-order chi connectivity index (χ1) is 16.5. The van der Waals surface area contributed by atoms with Crippen molar-refractivity contribution in [1.29, 1.82) is 0 Å². The fourth-order valence-electron chi connectivity index (χ4n) is 4.44. The van der Waals surface area contributed by atoms with Gasteiger partial charge in [-0.3, -0.25) is 14.4 Å². The third-order valence-corrected chi connectivity index (χ3v) is 6.29. The van der Waals surface area contributed by atoms with Crippen LogP contribution in [0.4, 0.5) is 4.39 Å². The van der Waals surface area contributed by atoms with Gasteiger partial charge in [0, 0.05) is 18.7 Å². The molecule has 6 nitrogen and oxygen atoms in total. The van der Waals surface area contributed by atoms with E-state index in [-0.39, 0.29) is 18.2 Å². The molecule has 1 aliphatic heterocycles. The SMILES string of the molecule is COC(=O)CC(NC(=O)C1CCCN(C(=O)c2cccc3ccccc23)C1)c1ccc(F)cc1. The summed E-state index contributed by atoms with van der Waals surface area (Å²) in [5.41, 5.74) is 1.23. The Balaban J connectivity index is 1.49. The average molecular weight is 463 g/mol. The molecule has 1 aliphatic rings. The molecule has 2 amide bonds. The predicted molar refractivity (Wildman–Crippen MR) is 126 cm³/mol. The monoisotopic (exact) mass is 462 g/mol. The molecule has 1 N–H and O–H groups in total. The molecule has 0 spiro atoms. The van der Waals surface area contributed by atoms with E-state index >= 15 is 0 Å². The molecule has 0 radical (unpaired) electrons. The summed E-state index contributed by atoms with van der Waals surface area (Å²) in [7, 11) is 1.28. The van der Waals surface area contributed by atoms with Crippen LogP contribution in [-0.4, -0.2) is 42.9 Å². The summed E-state index contributed by atoms with van der Waals surface area (Å²) >= 11 is 0. The van der Waals surface area contributed by atoms with Gasteiger partial charge in [0.05, 0.1) is 25.5 Å². The number of carbonyl (C=O) groups is 3. The van der Waals surface area contributed by atoms with E-state index in [9.17, 15) is 18.8 Å². The average Bonchev–Trinajstić information content (AvgIpc) is 2.88. The highest BCUT2D eigenvalue weighted by Gasteiger charge is 2.31. The number of methoxy groups -OCH3 is 1. The first-order valence-electron chi connectivity index (χ1n) is 11.4. The van der Waals surface area contributed by atoms with Crippen LogP contribution >= 0.6 is 0 Å². The third-order valence-electron chi connectivity index (χ3n) is 6.29. The standard InChI is InChI=1S/C27H27FN2O4/c1-34-25(31)16-24(19-11-13-21(28)14-12-19)29-26(32)20-8-5-15-30(17-20)27(33)23-10-4-7-18-6-2-3-9-22(18)23/h2-4,6-7,9-14,20,24H,5,8,15-17H2,1H3,(H,29,32). The van der Waals surface area contributed by atoms with Crippen molar-refractivity contribution >= 4 is 28.6 Å². The van der Waals surface area contributed by atoms with Crippen LogP contribution in [-0.2, 0) is 14.3 Å². The second-order valence-corrected chi connectivity index (χ2v) is 8.51.